The van der Waals surface area contributed by atoms with Gasteiger partial charge in [0.05, 0.1) is 32.0 Å². The molecular formula is C28H38N4O5. The lowest BCUT2D eigenvalue weighted by molar-refractivity contribution is -0.200. The lowest BCUT2D eigenvalue weighted by Gasteiger charge is -2.61. The first-order valence-corrected chi connectivity index (χ1v) is 12.3. The molecule has 4 unspecified atom stereocenters. The molecule has 2 bridgehead atoms. The number of carbonyl (C=O) groups is 3. The van der Waals surface area contributed by atoms with E-state index in [1.807, 2.05) is 60.0 Å². The molecule has 1 aromatic heterocycles. The Morgan fingerprint density at radius 1 is 1.16 bits per heavy atom. The Balaban J connectivity index is 2.36. The minimum atomic E-state index is -1.71. The molecule has 3 heterocycles. The average Bonchev–Trinajstić information content (AvgIpc) is 2.88. The molecule has 0 aliphatic carbocycles. The number of esters is 2. The summed E-state index contributed by atoms with van der Waals surface area (Å²) in [4.78, 5) is 52.6. The Bertz CT molecular complexity index is 1090. The molecule has 0 saturated carbocycles. The molecule has 0 N–H and O–H groups in total. The van der Waals surface area contributed by atoms with Gasteiger partial charge in [-0.25, -0.2) is 0 Å². The van der Waals surface area contributed by atoms with Crippen LogP contribution < -0.4 is 0 Å². The van der Waals surface area contributed by atoms with Crippen molar-refractivity contribution in [1.29, 1.82) is 0 Å². The van der Waals surface area contributed by atoms with Crippen LogP contribution in [0, 0.1) is 10.8 Å². The van der Waals surface area contributed by atoms with Gasteiger partial charge in [-0.2, -0.15) is 0 Å². The van der Waals surface area contributed by atoms with Gasteiger partial charge in [-0.3, -0.25) is 29.2 Å². The van der Waals surface area contributed by atoms with Crippen molar-refractivity contribution >= 4 is 17.7 Å². The number of nitrogens with zero attached hydrogens (tertiary/aromatic N) is 4. The smallest absolute Gasteiger partial charge is 0.322 e. The topological polar surface area (TPSA) is 92.3 Å². The van der Waals surface area contributed by atoms with E-state index in [1.54, 1.807) is 31.5 Å². The number of piperidine rings is 2. The second kappa shape index (κ2) is 11.5. The van der Waals surface area contributed by atoms with Gasteiger partial charge in [-0.15, -0.1) is 0 Å². The van der Waals surface area contributed by atoms with Crippen molar-refractivity contribution in [3.63, 3.8) is 0 Å². The van der Waals surface area contributed by atoms with Crippen molar-refractivity contribution in [2.75, 3.05) is 61.5 Å². The summed E-state index contributed by atoms with van der Waals surface area (Å²) in [6, 6.07) is 3.79. The van der Waals surface area contributed by atoms with Gasteiger partial charge in [-0.1, -0.05) is 36.9 Å². The van der Waals surface area contributed by atoms with Crippen LogP contribution in [0.5, 0.6) is 0 Å². The number of likely N-dealkylation sites (N-methyl/N-ethyl adjacent to an activating group) is 2. The minimum Gasteiger partial charge on any atom is -0.468 e. The molecular weight excluding hydrogens is 472 g/mol. The maximum atomic E-state index is 14.7. The van der Waals surface area contributed by atoms with Gasteiger partial charge in [0.1, 0.15) is 0 Å². The summed E-state index contributed by atoms with van der Waals surface area (Å²) in [5.74, 6) is -1.91. The lowest BCUT2D eigenvalue weighted by Crippen LogP contribution is -2.78. The van der Waals surface area contributed by atoms with Crippen molar-refractivity contribution in [3.8, 4) is 0 Å². The molecule has 2 saturated heterocycles. The third-order valence-electron chi connectivity index (χ3n) is 7.40. The van der Waals surface area contributed by atoms with Crippen LogP contribution in [0.25, 0.3) is 0 Å². The predicted molar refractivity (Wildman–Crippen MR) is 141 cm³/mol. The predicted octanol–water partition coefficient (Wildman–Crippen LogP) is 1.89. The van der Waals surface area contributed by atoms with E-state index in [0.29, 0.717) is 24.4 Å². The Morgan fingerprint density at radius 2 is 1.81 bits per heavy atom. The first kappa shape index (κ1) is 28.4. The van der Waals surface area contributed by atoms with Crippen molar-refractivity contribution in [3.05, 3.63) is 66.5 Å². The van der Waals surface area contributed by atoms with Crippen LogP contribution in [-0.4, -0.2) is 105 Å². The summed E-state index contributed by atoms with van der Waals surface area (Å²) in [5.41, 5.74) is -2.33. The number of aromatic nitrogens is 1. The minimum absolute atomic E-state index is 0.0876. The second-order valence-corrected chi connectivity index (χ2v) is 9.95. The highest BCUT2D eigenvalue weighted by molar-refractivity contribution is 6.18. The number of allylic oxidation sites excluding steroid dienone is 3. The standard InChI is InChI=1S/C28H38N4O5/c1-8-9-10-13-20(2)22-27(25(34)36-6)18-32(17-16-30(3)4)19-28(24(27)33,26(35)37-7)23(31(22)5)21-14-11-12-15-29-21/h8-15,22-23H,2,16-19H2,1,3-7H3/b9-8-,13-10-. The zero-order valence-electron chi connectivity index (χ0n) is 22.6. The van der Waals surface area contributed by atoms with E-state index in [-0.39, 0.29) is 13.1 Å². The normalized spacial score (nSPS) is 28.7. The van der Waals surface area contributed by atoms with Gasteiger partial charge < -0.3 is 14.4 Å². The maximum absolute atomic E-state index is 14.7. The summed E-state index contributed by atoms with van der Waals surface area (Å²) in [6.07, 6.45) is 8.95. The number of Topliss-reactive ketones (excluding diaryl/α,β-unsaturated/α-hetero) is 1. The van der Waals surface area contributed by atoms with Gasteiger partial charge in [0.15, 0.2) is 16.6 Å². The summed E-state index contributed by atoms with van der Waals surface area (Å²) in [5, 5.41) is 0. The Labute approximate surface area is 219 Å². The van der Waals surface area contributed by atoms with Crippen LogP contribution in [0.1, 0.15) is 18.7 Å². The Hall–Kier alpha value is -3.14. The molecule has 2 aliphatic rings. The molecule has 2 fully saturated rings. The molecule has 2 aliphatic heterocycles. The molecule has 37 heavy (non-hydrogen) atoms. The van der Waals surface area contributed by atoms with Crippen LogP contribution in [-0.2, 0) is 23.9 Å². The largest absolute Gasteiger partial charge is 0.468 e. The highest BCUT2D eigenvalue weighted by Crippen LogP contribution is 2.57. The van der Waals surface area contributed by atoms with Crippen molar-refractivity contribution in [2.45, 2.75) is 19.0 Å². The van der Waals surface area contributed by atoms with Gasteiger partial charge in [-0.05, 0) is 45.8 Å². The summed E-state index contributed by atoms with van der Waals surface area (Å²) in [6.45, 7) is 7.54. The molecule has 9 heteroatoms. The Kier molecular flexibility index (Phi) is 8.84. The van der Waals surface area contributed by atoms with Gasteiger partial charge >= 0.3 is 11.9 Å². The number of ether oxygens (including phenoxy) is 2. The first-order chi connectivity index (χ1) is 17.6. The van der Waals surface area contributed by atoms with Crippen LogP contribution in [0.15, 0.2) is 60.9 Å². The van der Waals surface area contributed by atoms with Gasteiger partial charge in [0.25, 0.3) is 0 Å². The highest BCUT2D eigenvalue weighted by Gasteiger charge is 2.75. The Morgan fingerprint density at radius 3 is 2.38 bits per heavy atom. The summed E-state index contributed by atoms with van der Waals surface area (Å²) in [7, 11) is 8.23. The first-order valence-electron chi connectivity index (χ1n) is 12.3. The lowest BCUT2D eigenvalue weighted by atomic mass is 9.54. The number of pyridine rings is 1. The molecule has 0 aromatic carbocycles. The molecule has 4 atom stereocenters. The third-order valence-corrected chi connectivity index (χ3v) is 7.40. The van der Waals surface area contributed by atoms with E-state index in [4.69, 9.17) is 9.47 Å². The third kappa shape index (κ3) is 4.79. The molecule has 0 radical (unpaired) electrons. The number of hydrogen-bond acceptors (Lipinski definition) is 9. The van der Waals surface area contributed by atoms with E-state index in [1.165, 1.54) is 14.2 Å². The van der Waals surface area contributed by atoms with Gasteiger partial charge in [0.2, 0.25) is 0 Å². The van der Waals surface area contributed by atoms with E-state index in [2.05, 4.69) is 11.6 Å². The van der Waals surface area contributed by atoms with E-state index >= 15 is 0 Å². The van der Waals surface area contributed by atoms with E-state index in [0.717, 1.165) is 0 Å². The van der Waals surface area contributed by atoms with Crippen LogP contribution in [0.3, 0.4) is 0 Å². The number of hydrogen-bond donors (Lipinski definition) is 0. The molecule has 0 amide bonds. The SMILES string of the molecule is C=C(/C=C\C=C/C)C1N(C)C(c2ccccn2)C2(C(=O)OC)CN(CCN(C)C)CC1(C(=O)OC)C2=O. The van der Waals surface area contributed by atoms with Crippen molar-refractivity contribution in [1.82, 2.24) is 19.7 Å². The number of methoxy groups -OCH3 is 2. The molecule has 1 aromatic rings. The number of likely N-dealkylation sites (tertiary alicyclic amines) is 2. The molecule has 200 valence electrons. The molecule has 3 rings (SSSR count). The number of carbonyl (C=O) groups excluding carboxylic acids is 3. The summed E-state index contributed by atoms with van der Waals surface area (Å²) >= 11 is 0. The molecule has 0 spiro atoms. The van der Waals surface area contributed by atoms with Crippen LogP contribution in [0.2, 0.25) is 0 Å². The van der Waals surface area contributed by atoms with Crippen LogP contribution in [0.4, 0.5) is 0 Å². The van der Waals surface area contributed by atoms with Crippen LogP contribution >= 0.6 is 0 Å². The maximum Gasteiger partial charge on any atom is 0.322 e. The summed E-state index contributed by atoms with van der Waals surface area (Å²) < 4.78 is 10.6. The van der Waals surface area contributed by atoms with Crippen molar-refractivity contribution in [2.24, 2.45) is 10.8 Å². The highest BCUT2D eigenvalue weighted by atomic mass is 16.5. The van der Waals surface area contributed by atoms with Crippen molar-refractivity contribution < 1.29 is 23.9 Å². The zero-order valence-corrected chi connectivity index (χ0v) is 22.6. The molecule has 9 nitrogen and oxygen atoms in total. The van der Waals surface area contributed by atoms with E-state index < -0.39 is 40.6 Å². The van der Waals surface area contributed by atoms with E-state index in [9.17, 15) is 14.4 Å². The fourth-order valence-electron chi connectivity index (χ4n) is 5.93. The number of rotatable bonds is 9. The number of ketones is 1. The second-order valence-electron chi connectivity index (χ2n) is 9.95. The average molecular weight is 511 g/mol. The monoisotopic (exact) mass is 510 g/mol. The quantitative estimate of drug-likeness (QED) is 0.281. The fourth-order valence-corrected chi connectivity index (χ4v) is 5.93. The zero-order chi connectivity index (χ0) is 27.4. The number of fused-ring (bicyclic) bond motifs is 2. The fraction of sp³-hybridized carbons (Fsp3) is 0.500. The van der Waals surface area contributed by atoms with Gasteiger partial charge in [0, 0.05) is 32.4 Å².